The van der Waals surface area contributed by atoms with Crippen LogP contribution in [0.15, 0.2) is 0 Å². The summed E-state index contributed by atoms with van der Waals surface area (Å²) in [5, 5.41) is 2.98. The number of amides is 1. The zero-order valence-electron chi connectivity index (χ0n) is 14.7. The minimum atomic E-state index is -3.20. The summed E-state index contributed by atoms with van der Waals surface area (Å²) in [6.07, 6.45) is 3.05. The van der Waals surface area contributed by atoms with E-state index in [4.69, 9.17) is 4.74 Å². The average molecular weight is 362 g/mol. The first-order valence-electron chi connectivity index (χ1n) is 9.08. The molecule has 0 unspecified atom stereocenters. The van der Waals surface area contributed by atoms with Gasteiger partial charge in [-0.3, -0.25) is 9.69 Å². The first-order chi connectivity index (χ1) is 11.5. The maximum Gasteiger partial charge on any atom is 0.224 e. The molecule has 8 heteroatoms. The van der Waals surface area contributed by atoms with E-state index in [0.717, 1.165) is 52.1 Å². The number of nitrogens with zero attached hydrogens (tertiary/aromatic N) is 2. The zero-order valence-corrected chi connectivity index (χ0v) is 15.5. The summed E-state index contributed by atoms with van der Waals surface area (Å²) in [6.45, 7) is 7.84. The number of sulfonamides is 1. The molecule has 0 saturated carbocycles. The monoisotopic (exact) mass is 361 g/mol. The summed E-state index contributed by atoms with van der Waals surface area (Å²) in [5.74, 6) is -0.0527. The van der Waals surface area contributed by atoms with Gasteiger partial charge in [-0.25, -0.2) is 12.7 Å². The fraction of sp³-hybridized carbons (Fsp3) is 0.938. The maximum absolute atomic E-state index is 12.3. The predicted octanol–water partition coefficient (Wildman–Crippen LogP) is 0.277. The van der Waals surface area contributed by atoms with Crippen LogP contribution < -0.4 is 5.32 Å². The molecule has 1 amide bonds. The standard InChI is InChI=1S/C16H31N3O4S/c1-2-13-24(21,22)19-8-3-5-15(14-19)16(20)17-6-4-7-18-9-11-23-12-10-18/h15H,2-14H2,1H3,(H,17,20)/t15-/m0/s1. The molecule has 2 heterocycles. The van der Waals surface area contributed by atoms with Crippen LogP contribution in [0.2, 0.25) is 0 Å². The zero-order chi connectivity index (χ0) is 17.4. The highest BCUT2D eigenvalue weighted by Gasteiger charge is 2.31. The average Bonchev–Trinajstić information content (AvgIpc) is 2.59. The molecule has 140 valence electrons. The normalized spacial score (nSPS) is 24.0. The number of ether oxygens (including phenoxy) is 1. The Hall–Kier alpha value is -0.700. The molecule has 2 rings (SSSR count). The number of carbonyl (C=O) groups excluding carboxylic acids is 1. The third-order valence-electron chi connectivity index (χ3n) is 4.66. The molecule has 0 aliphatic carbocycles. The molecule has 0 aromatic rings. The van der Waals surface area contributed by atoms with Crippen molar-refractivity contribution in [3.8, 4) is 0 Å². The third-order valence-corrected chi connectivity index (χ3v) is 6.71. The van der Waals surface area contributed by atoms with Crippen molar-refractivity contribution >= 4 is 15.9 Å². The predicted molar refractivity (Wildman–Crippen MR) is 93.3 cm³/mol. The molecule has 2 aliphatic heterocycles. The fourth-order valence-electron chi connectivity index (χ4n) is 3.28. The summed E-state index contributed by atoms with van der Waals surface area (Å²) >= 11 is 0. The van der Waals surface area contributed by atoms with Gasteiger partial charge in [0.2, 0.25) is 15.9 Å². The molecule has 0 spiro atoms. The van der Waals surface area contributed by atoms with E-state index in [1.807, 2.05) is 6.92 Å². The SMILES string of the molecule is CCCS(=O)(=O)N1CCC[C@H](C(=O)NCCCN2CCOCC2)C1. The van der Waals surface area contributed by atoms with Gasteiger partial charge in [0, 0.05) is 32.7 Å². The lowest BCUT2D eigenvalue weighted by molar-refractivity contribution is -0.126. The molecule has 2 fully saturated rings. The smallest absolute Gasteiger partial charge is 0.224 e. The van der Waals surface area contributed by atoms with Crippen LogP contribution in [-0.4, -0.2) is 81.8 Å². The van der Waals surface area contributed by atoms with E-state index in [9.17, 15) is 13.2 Å². The van der Waals surface area contributed by atoms with Gasteiger partial charge in [0.15, 0.2) is 0 Å². The number of rotatable bonds is 8. The topological polar surface area (TPSA) is 79.0 Å². The van der Waals surface area contributed by atoms with Crippen molar-refractivity contribution in [1.82, 2.24) is 14.5 Å². The minimum absolute atomic E-state index is 0.00613. The van der Waals surface area contributed by atoms with Gasteiger partial charge in [0.25, 0.3) is 0 Å². The molecule has 24 heavy (non-hydrogen) atoms. The van der Waals surface area contributed by atoms with E-state index in [-0.39, 0.29) is 17.6 Å². The lowest BCUT2D eigenvalue weighted by atomic mass is 9.99. The van der Waals surface area contributed by atoms with Crippen LogP contribution in [0.1, 0.15) is 32.6 Å². The first kappa shape index (κ1) is 19.6. The van der Waals surface area contributed by atoms with E-state index in [2.05, 4.69) is 10.2 Å². The van der Waals surface area contributed by atoms with E-state index < -0.39 is 10.0 Å². The van der Waals surface area contributed by atoms with Crippen molar-refractivity contribution in [2.75, 3.05) is 58.2 Å². The van der Waals surface area contributed by atoms with Gasteiger partial charge in [0.1, 0.15) is 0 Å². The molecular formula is C16H31N3O4S. The van der Waals surface area contributed by atoms with Crippen molar-refractivity contribution in [1.29, 1.82) is 0 Å². The molecular weight excluding hydrogens is 330 g/mol. The van der Waals surface area contributed by atoms with Crippen molar-refractivity contribution in [3.63, 3.8) is 0 Å². The molecule has 7 nitrogen and oxygen atoms in total. The van der Waals surface area contributed by atoms with Crippen LogP contribution in [0, 0.1) is 5.92 Å². The lowest BCUT2D eigenvalue weighted by Gasteiger charge is -2.31. The lowest BCUT2D eigenvalue weighted by Crippen LogP contribution is -2.46. The van der Waals surface area contributed by atoms with E-state index >= 15 is 0 Å². The second-order valence-electron chi connectivity index (χ2n) is 6.61. The van der Waals surface area contributed by atoms with Gasteiger partial charge in [-0.05, 0) is 32.2 Å². The molecule has 1 atom stereocenters. The Morgan fingerprint density at radius 2 is 2.00 bits per heavy atom. The Morgan fingerprint density at radius 1 is 1.25 bits per heavy atom. The van der Waals surface area contributed by atoms with Crippen LogP contribution in [0.5, 0.6) is 0 Å². The molecule has 1 N–H and O–H groups in total. The number of nitrogens with one attached hydrogen (secondary N) is 1. The first-order valence-corrected chi connectivity index (χ1v) is 10.7. The van der Waals surface area contributed by atoms with Crippen LogP contribution in [0.25, 0.3) is 0 Å². The second-order valence-corrected chi connectivity index (χ2v) is 8.70. The molecule has 2 aliphatic rings. The van der Waals surface area contributed by atoms with Gasteiger partial charge in [-0.1, -0.05) is 6.92 Å². The van der Waals surface area contributed by atoms with Crippen LogP contribution in [0.4, 0.5) is 0 Å². The number of hydrogen-bond acceptors (Lipinski definition) is 5. The molecule has 0 aromatic heterocycles. The maximum atomic E-state index is 12.3. The Labute approximate surface area is 145 Å². The minimum Gasteiger partial charge on any atom is -0.379 e. The van der Waals surface area contributed by atoms with Crippen molar-refractivity contribution in [2.45, 2.75) is 32.6 Å². The quantitative estimate of drug-likeness (QED) is 0.628. The van der Waals surface area contributed by atoms with Gasteiger partial charge in [0.05, 0.1) is 24.9 Å². The summed E-state index contributed by atoms with van der Waals surface area (Å²) in [7, 11) is -3.20. The van der Waals surface area contributed by atoms with Crippen molar-refractivity contribution in [2.24, 2.45) is 5.92 Å². The summed E-state index contributed by atoms with van der Waals surface area (Å²) in [4.78, 5) is 14.7. The highest BCUT2D eigenvalue weighted by atomic mass is 32.2. The van der Waals surface area contributed by atoms with Crippen molar-refractivity contribution in [3.05, 3.63) is 0 Å². The second kappa shape index (κ2) is 9.70. The summed E-state index contributed by atoms with van der Waals surface area (Å²) in [6, 6.07) is 0. The highest BCUT2D eigenvalue weighted by molar-refractivity contribution is 7.89. The Bertz CT molecular complexity index is 492. The van der Waals surface area contributed by atoms with Gasteiger partial charge >= 0.3 is 0 Å². The Kier molecular flexibility index (Phi) is 7.93. The largest absolute Gasteiger partial charge is 0.379 e. The Balaban J connectivity index is 1.69. The van der Waals surface area contributed by atoms with E-state index in [1.54, 1.807) is 0 Å². The van der Waals surface area contributed by atoms with Gasteiger partial charge in [-0.15, -0.1) is 0 Å². The van der Waals surface area contributed by atoms with Gasteiger partial charge in [-0.2, -0.15) is 0 Å². The fourth-order valence-corrected chi connectivity index (χ4v) is 4.87. The van der Waals surface area contributed by atoms with Crippen LogP contribution >= 0.6 is 0 Å². The third kappa shape index (κ3) is 5.98. The summed E-state index contributed by atoms with van der Waals surface area (Å²) in [5.41, 5.74) is 0. The van der Waals surface area contributed by atoms with E-state index in [1.165, 1.54) is 4.31 Å². The van der Waals surface area contributed by atoms with Crippen LogP contribution in [0.3, 0.4) is 0 Å². The van der Waals surface area contributed by atoms with E-state index in [0.29, 0.717) is 26.1 Å². The van der Waals surface area contributed by atoms with Crippen molar-refractivity contribution < 1.29 is 17.9 Å². The number of piperidine rings is 1. The highest BCUT2D eigenvalue weighted by Crippen LogP contribution is 2.20. The molecule has 0 aromatic carbocycles. The number of morpholine rings is 1. The number of carbonyl (C=O) groups is 1. The molecule has 0 radical (unpaired) electrons. The van der Waals surface area contributed by atoms with Crippen LogP contribution in [-0.2, 0) is 19.6 Å². The Morgan fingerprint density at radius 3 is 2.71 bits per heavy atom. The van der Waals surface area contributed by atoms with Gasteiger partial charge < -0.3 is 10.1 Å². The number of hydrogen-bond donors (Lipinski definition) is 1. The summed E-state index contributed by atoms with van der Waals surface area (Å²) < 4.78 is 31.1. The molecule has 0 bridgehead atoms. The molecule has 2 saturated heterocycles.